The molecule has 3 rings (SSSR count). The number of rotatable bonds is 2. The first kappa shape index (κ1) is 13.9. The van der Waals surface area contributed by atoms with Gasteiger partial charge in [-0.25, -0.2) is 4.98 Å². The molecule has 3 aromatic rings. The van der Waals surface area contributed by atoms with E-state index in [1.165, 1.54) is 17.0 Å². The van der Waals surface area contributed by atoms with Crippen LogP contribution in [-0.2, 0) is 7.05 Å². The topological polar surface area (TPSA) is 97.4 Å². The second-order valence-corrected chi connectivity index (χ2v) is 4.85. The molecule has 0 fully saturated rings. The minimum absolute atomic E-state index is 0.0627. The summed E-state index contributed by atoms with van der Waals surface area (Å²) < 4.78 is 6.65. The molecule has 1 aromatic carbocycles. The van der Waals surface area contributed by atoms with Crippen LogP contribution in [0.2, 0.25) is 0 Å². The van der Waals surface area contributed by atoms with Gasteiger partial charge in [0.2, 0.25) is 5.71 Å². The Labute approximate surface area is 124 Å². The number of aromatic nitrogens is 2. The van der Waals surface area contributed by atoms with Crippen molar-refractivity contribution in [3.8, 4) is 5.75 Å². The molecule has 2 N–H and O–H groups in total. The Morgan fingerprint density at radius 3 is 2.82 bits per heavy atom. The number of phenolic OH excluding ortho intramolecular Hbond substituents is 1. The summed E-state index contributed by atoms with van der Waals surface area (Å²) in [4.78, 5) is 28.7. The molecule has 0 aliphatic carbocycles. The van der Waals surface area contributed by atoms with Gasteiger partial charge in [-0.3, -0.25) is 9.59 Å². The maximum Gasteiger partial charge on any atom is 0.265 e. The van der Waals surface area contributed by atoms with E-state index in [1.54, 1.807) is 32.2 Å². The summed E-state index contributed by atoms with van der Waals surface area (Å²) in [7, 11) is 1.54. The summed E-state index contributed by atoms with van der Waals surface area (Å²) >= 11 is 0. The van der Waals surface area contributed by atoms with Crippen LogP contribution >= 0.6 is 0 Å². The lowest BCUT2D eigenvalue weighted by Gasteiger charge is -2.06. The van der Waals surface area contributed by atoms with Gasteiger partial charge in [0.05, 0.1) is 11.3 Å². The summed E-state index contributed by atoms with van der Waals surface area (Å²) in [6, 6.07) is 6.33. The summed E-state index contributed by atoms with van der Waals surface area (Å²) in [6.45, 7) is 1.58. The number of phenols is 1. The molecular weight excluding hydrogens is 286 g/mol. The van der Waals surface area contributed by atoms with E-state index in [9.17, 15) is 14.7 Å². The molecule has 0 aliphatic heterocycles. The number of fused-ring (bicyclic) bond motifs is 1. The van der Waals surface area contributed by atoms with Crippen LogP contribution in [0.5, 0.6) is 5.75 Å². The van der Waals surface area contributed by atoms with Gasteiger partial charge in [-0.1, -0.05) is 12.1 Å². The van der Waals surface area contributed by atoms with Crippen molar-refractivity contribution in [2.75, 3.05) is 5.32 Å². The van der Waals surface area contributed by atoms with Crippen molar-refractivity contribution in [2.24, 2.45) is 7.05 Å². The number of nitrogens with one attached hydrogen (secondary N) is 1. The monoisotopic (exact) mass is 299 g/mol. The first-order chi connectivity index (χ1) is 10.5. The Morgan fingerprint density at radius 2 is 2.09 bits per heavy atom. The van der Waals surface area contributed by atoms with Crippen molar-refractivity contribution in [3.63, 3.8) is 0 Å². The molecule has 7 heteroatoms. The summed E-state index contributed by atoms with van der Waals surface area (Å²) in [5.74, 6) is -0.311. The average molecular weight is 299 g/mol. The van der Waals surface area contributed by atoms with E-state index in [0.717, 1.165) is 0 Å². The maximum absolute atomic E-state index is 12.5. The first-order valence-corrected chi connectivity index (χ1v) is 6.53. The zero-order valence-electron chi connectivity index (χ0n) is 12.0. The van der Waals surface area contributed by atoms with Gasteiger partial charge < -0.3 is 19.4 Å². The molecule has 2 heterocycles. The predicted molar refractivity (Wildman–Crippen MR) is 80.0 cm³/mol. The van der Waals surface area contributed by atoms with Gasteiger partial charge in [0, 0.05) is 7.05 Å². The third kappa shape index (κ3) is 2.12. The van der Waals surface area contributed by atoms with E-state index < -0.39 is 5.91 Å². The Morgan fingerprint density at radius 1 is 1.36 bits per heavy atom. The molecule has 0 saturated heterocycles. The molecule has 0 bridgehead atoms. The molecule has 0 radical (unpaired) electrons. The number of para-hydroxylation sites is 2. The molecular formula is C15H13N3O4. The Kier molecular flexibility index (Phi) is 3.17. The van der Waals surface area contributed by atoms with Crippen LogP contribution in [0.3, 0.4) is 0 Å². The van der Waals surface area contributed by atoms with E-state index >= 15 is 0 Å². The first-order valence-electron chi connectivity index (χ1n) is 6.53. The highest BCUT2D eigenvalue weighted by molar-refractivity contribution is 6.13. The molecule has 0 saturated carbocycles. The van der Waals surface area contributed by atoms with E-state index in [4.69, 9.17) is 4.42 Å². The zero-order valence-corrected chi connectivity index (χ0v) is 12.0. The van der Waals surface area contributed by atoms with Crippen molar-refractivity contribution in [3.05, 3.63) is 52.3 Å². The number of amides is 1. The molecule has 0 unspecified atom stereocenters. The van der Waals surface area contributed by atoms with E-state index in [0.29, 0.717) is 5.76 Å². The largest absolute Gasteiger partial charge is 0.506 e. The highest BCUT2D eigenvalue weighted by Crippen LogP contribution is 2.25. The number of aryl methyl sites for hydroxylation is 2. The Bertz CT molecular complexity index is 940. The molecule has 112 valence electrons. The van der Waals surface area contributed by atoms with Gasteiger partial charge in [0.1, 0.15) is 23.2 Å². The van der Waals surface area contributed by atoms with Crippen molar-refractivity contribution >= 4 is 22.7 Å². The highest BCUT2D eigenvalue weighted by atomic mass is 16.3. The van der Waals surface area contributed by atoms with Crippen molar-refractivity contribution in [2.45, 2.75) is 6.92 Å². The second kappa shape index (κ2) is 5.03. The molecule has 1 amide bonds. The number of nitrogens with zero attached hydrogens (tertiary/aromatic N) is 2. The van der Waals surface area contributed by atoms with E-state index in [-0.39, 0.29) is 33.7 Å². The number of carbonyl (C=O) groups excluding carboxylic acids is 1. The number of anilines is 1. The van der Waals surface area contributed by atoms with E-state index in [1.807, 2.05) is 0 Å². The number of aromatic hydroxyl groups is 1. The fourth-order valence-electron chi connectivity index (χ4n) is 2.22. The van der Waals surface area contributed by atoms with Crippen LogP contribution in [-0.4, -0.2) is 20.6 Å². The summed E-state index contributed by atoms with van der Waals surface area (Å²) in [6.07, 6.45) is 1.33. The van der Waals surface area contributed by atoms with Gasteiger partial charge in [0.15, 0.2) is 0 Å². The third-order valence-electron chi connectivity index (χ3n) is 3.33. The molecule has 0 aliphatic rings. The minimum Gasteiger partial charge on any atom is -0.506 e. The fourth-order valence-corrected chi connectivity index (χ4v) is 2.22. The summed E-state index contributed by atoms with van der Waals surface area (Å²) in [5, 5.41) is 12.4. The smallest absolute Gasteiger partial charge is 0.265 e. The lowest BCUT2D eigenvalue weighted by Crippen LogP contribution is -2.20. The summed E-state index contributed by atoms with van der Waals surface area (Å²) in [5.41, 5.74) is 0.112. The molecule has 2 aromatic heterocycles. The van der Waals surface area contributed by atoms with Gasteiger partial charge in [0.25, 0.3) is 11.5 Å². The lowest BCUT2D eigenvalue weighted by atomic mass is 10.1. The molecule has 0 spiro atoms. The quantitative estimate of drug-likeness (QED) is 0.703. The van der Waals surface area contributed by atoms with Gasteiger partial charge in [-0.2, -0.15) is 0 Å². The van der Waals surface area contributed by atoms with Crippen LogP contribution in [0.25, 0.3) is 11.1 Å². The third-order valence-corrected chi connectivity index (χ3v) is 3.33. The number of carbonyl (C=O) groups is 1. The fraction of sp³-hybridized carbons (Fsp3) is 0.133. The Balaban J connectivity index is 2.12. The van der Waals surface area contributed by atoms with Gasteiger partial charge in [-0.15, -0.1) is 0 Å². The minimum atomic E-state index is -0.539. The van der Waals surface area contributed by atoms with Crippen molar-refractivity contribution in [1.82, 2.24) is 9.55 Å². The van der Waals surface area contributed by atoms with Crippen molar-refractivity contribution in [1.29, 1.82) is 0 Å². The second-order valence-electron chi connectivity index (χ2n) is 4.85. The van der Waals surface area contributed by atoms with Crippen LogP contribution < -0.4 is 10.9 Å². The molecule has 0 atom stereocenters. The van der Waals surface area contributed by atoms with Gasteiger partial charge >= 0.3 is 0 Å². The number of hydrogen-bond acceptors (Lipinski definition) is 5. The number of benzene rings is 1. The zero-order chi connectivity index (χ0) is 15.9. The number of hydrogen-bond donors (Lipinski definition) is 2. The lowest BCUT2D eigenvalue weighted by molar-refractivity contribution is 0.102. The van der Waals surface area contributed by atoms with E-state index in [2.05, 4.69) is 10.3 Å². The predicted octanol–water partition coefficient (Wildman–Crippen LogP) is 1.79. The molecule has 22 heavy (non-hydrogen) atoms. The highest BCUT2D eigenvalue weighted by Gasteiger charge is 2.22. The van der Waals surface area contributed by atoms with Crippen molar-refractivity contribution < 1.29 is 14.3 Å². The normalized spacial score (nSPS) is 10.8. The SMILES string of the molecule is Cc1oc2ncn(C)c(=O)c2c1C(=O)Nc1ccccc1O. The van der Waals surface area contributed by atoms with Crippen LogP contribution in [0.4, 0.5) is 5.69 Å². The van der Waals surface area contributed by atoms with Gasteiger partial charge in [-0.05, 0) is 19.1 Å². The number of furan rings is 1. The standard InChI is InChI=1S/C15H13N3O4/c1-8-11(12-14(22-8)16-7-18(2)15(12)21)13(20)17-9-5-3-4-6-10(9)19/h3-7,19H,1-2H3,(H,17,20). The van der Waals surface area contributed by atoms with Crippen LogP contribution in [0.1, 0.15) is 16.1 Å². The van der Waals surface area contributed by atoms with Crippen LogP contribution in [0, 0.1) is 6.92 Å². The Hall–Kier alpha value is -3.09. The maximum atomic E-state index is 12.5. The average Bonchev–Trinajstić information content (AvgIpc) is 2.82. The van der Waals surface area contributed by atoms with Crippen LogP contribution in [0.15, 0.2) is 39.8 Å². The molecule has 7 nitrogen and oxygen atoms in total.